The molecule has 14 heteroatoms. The largest absolute Gasteiger partial charge is 0.417 e. The number of aromatic nitrogens is 2. The molecule has 2 atom stereocenters. The molecule has 0 saturated carbocycles. The monoisotopic (exact) mass is 556 g/mol. The number of ether oxygens (including phenoxy) is 1. The summed E-state index contributed by atoms with van der Waals surface area (Å²) in [6, 6.07) is 2.76. The molecule has 2 aromatic carbocycles. The van der Waals surface area contributed by atoms with Crippen LogP contribution < -0.4 is 15.7 Å². The molecule has 0 spiro atoms. The molecule has 2 N–H and O–H groups in total. The van der Waals surface area contributed by atoms with E-state index < -0.39 is 58.3 Å². The molecule has 3 aromatic rings. The highest BCUT2D eigenvalue weighted by Gasteiger charge is 2.39. The van der Waals surface area contributed by atoms with Gasteiger partial charge in [-0.25, -0.2) is 18.4 Å². The first-order valence-electron chi connectivity index (χ1n) is 11.6. The molecular formula is C24H21F5N4O4S. The Morgan fingerprint density at radius 2 is 2.00 bits per heavy atom. The first kappa shape index (κ1) is 26.4. The Morgan fingerprint density at radius 1 is 1.24 bits per heavy atom. The van der Waals surface area contributed by atoms with E-state index in [4.69, 9.17) is 4.74 Å². The molecule has 1 unspecified atom stereocenters. The van der Waals surface area contributed by atoms with Crippen LogP contribution in [0, 0.1) is 11.6 Å². The van der Waals surface area contributed by atoms with Gasteiger partial charge in [-0.05, 0) is 25.1 Å². The van der Waals surface area contributed by atoms with Crippen molar-refractivity contribution in [3.05, 3.63) is 51.9 Å². The second kappa shape index (κ2) is 9.82. The summed E-state index contributed by atoms with van der Waals surface area (Å²) < 4.78 is 78.1. The minimum Gasteiger partial charge on any atom is -0.390 e. The number of amides is 1. The number of nitrogens with zero attached hydrogens (tertiary/aromatic N) is 3. The maximum atomic E-state index is 14.9. The van der Waals surface area contributed by atoms with Crippen LogP contribution in [-0.4, -0.2) is 63.2 Å². The number of hydrogen-bond acceptors (Lipinski definition) is 7. The zero-order valence-electron chi connectivity index (χ0n) is 19.8. The second-order valence-electron chi connectivity index (χ2n) is 9.09. The van der Waals surface area contributed by atoms with Gasteiger partial charge >= 0.3 is 18.0 Å². The molecule has 1 fully saturated rings. The quantitative estimate of drug-likeness (QED) is 0.466. The number of nitrogens with one attached hydrogen (secondary N) is 1. The Hall–Kier alpha value is -3.23. The van der Waals surface area contributed by atoms with Crippen molar-refractivity contribution in [1.82, 2.24) is 19.8 Å². The van der Waals surface area contributed by atoms with Gasteiger partial charge in [0.2, 0.25) is 5.88 Å². The average molecular weight is 557 g/mol. The van der Waals surface area contributed by atoms with Gasteiger partial charge < -0.3 is 20.1 Å². The van der Waals surface area contributed by atoms with E-state index in [2.05, 4.69) is 10.3 Å². The lowest BCUT2D eigenvalue weighted by molar-refractivity contribution is -0.137. The van der Waals surface area contributed by atoms with Gasteiger partial charge in [0.1, 0.15) is 11.6 Å². The second-order valence-corrected chi connectivity index (χ2v) is 10.1. The van der Waals surface area contributed by atoms with Crippen molar-refractivity contribution in [3.63, 3.8) is 0 Å². The predicted octanol–water partition coefficient (Wildman–Crippen LogP) is 3.62. The third-order valence-electron chi connectivity index (χ3n) is 6.31. The lowest BCUT2D eigenvalue weighted by Crippen LogP contribution is -2.52. The fraction of sp³-hybridized carbons (Fsp3) is 0.375. The average Bonchev–Trinajstić information content (AvgIpc) is 3.01. The number of thioether (sulfide) groups is 1. The van der Waals surface area contributed by atoms with Gasteiger partial charge in [0, 0.05) is 53.5 Å². The molecule has 1 aromatic heterocycles. The van der Waals surface area contributed by atoms with Gasteiger partial charge in [-0.15, -0.1) is 11.8 Å². The van der Waals surface area contributed by atoms with Gasteiger partial charge in [-0.3, -0.25) is 4.57 Å². The van der Waals surface area contributed by atoms with Gasteiger partial charge in [0.15, 0.2) is 0 Å². The van der Waals surface area contributed by atoms with Crippen LogP contribution in [0.5, 0.6) is 5.88 Å². The summed E-state index contributed by atoms with van der Waals surface area (Å²) in [7, 11) is 0. The molecule has 2 aliphatic heterocycles. The minimum atomic E-state index is -5.03. The molecule has 0 bridgehead atoms. The van der Waals surface area contributed by atoms with E-state index in [1.807, 2.05) is 6.92 Å². The number of benzene rings is 2. The molecule has 1 amide bonds. The molecule has 3 heterocycles. The predicted molar refractivity (Wildman–Crippen MR) is 128 cm³/mol. The third kappa shape index (κ3) is 4.83. The van der Waals surface area contributed by atoms with E-state index in [-0.39, 0.29) is 47.2 Å². The van der Waals surface area contributed by atoms with Gasteiger partial charge in [-0.1, -0.05) is 0 Å². The third-order valence-corrected chi connectivity index (χ3v) is 7.55. The number of carbonyl (C=O) groups excluding carboxylic acids is 1. The van der Waals surface area contributed by atoms with E-state index in [1.165, 1.54) is 4.90 Å². The number of aliphatic hydroxyl groups excluding tert-OH is 1. The molecule has 202 valence electrons. The number of halogens is 5. The Bertz CT molecular complexity index is 1500. The molecular weight excluding hydrogens is 535 g/mol. The highest BCUT2D eigenvalue weighted by molar-refractivity contribution is 7.99. The smallest absolute Gasteiger partial charge is 0.390 e. The molecule has 1 saturated heterocycles. The van der Waals surface area contributed by atoms with Crippen molar-refractivity contribution in [2.24, 2.45) is 0 Å². The summed E-state index contributed by atoms with van der Waals surface area (Å²) in [6.45, 7) is 2.54. The number of rotatable bonds is 2. The summed E-state index contributed by atoms with van der Waals surface area (Å²) in [5, 5.41) is 13.2. The Labute approximate surface area is 216 Å². The Kier molecular flexibility index (Phi) is 6.82. The fourth-order valence-electron chi connectivity index (χ4n) is 4.64. The van der Waals surface area contributed by atoms with Crippen molar-refractivity contribution in [3.8, 4) is 17.0 Å². The van der Waals surface area contributed by atoms with Gasteiger partial charge in [0.25, 0.3) is 0 Å². The number of hydrogen-bond donors (Lipinski definition) is 2. The molecule has 38 heavy (non-hydrogen) atoms. The number of alkyl halides is 3. The Balaban J connectivity index is 1.79. The van der Waals surface area contributed by atoms with Crippen LogP contribution in [0.4, 0.5) is 26.7 Å². The van der Waals surface area contributed by atoms with Crippen LogP contribution in [0.1, 0.15) is 12.5 Å². The summed E-state index contributed by atoms with van der Waals surface area (Å²) in [5.41, 5.74) is -3.52. The lowest BCUT2D eigenvalue weighted by atomic mass is 9.96. The number of carbonyl (C=O) groups is 1. The molecule has 8 nitrogen and oxygen atoms in total. The molecule has 2 aliphatic rings. The van der Waals surface area contributed by atoms with Gasteiger partial charge in [-0.2, -0.15) is 18.2 Å². The summed E-state index contributed by atoms with van der Waals surface area (Å²) >= 11 is 0.782. The van der Waals surface area contributed by atoms with E-state index in [0.29, 0.717) is 18.7 Å². The zero-order valence-corrected chi connectivity index (χ0v) is 20.6. The maximum absolute atomic E-state index is 14.9. The van der Waals surface area contributed by atoms with Crippen LogP contribution in [0.15, 0.2) is 34.0 Å². The van der Waals surface area contributed by atoms with Crippen molar-refractivity contribution in [1.29, 1.82) is 0 Å². The maximum Gasteiger partial charge on any atom is 0.417 e. The first-order chi connectivity index (χ1) is 17.9. The van der Waals surface area contributed by atoms with Crippen LogP contribution in [0.25, 0.3) is 22.0 Å². The first-order valence-corrected chi connectivity index (χ1v) is 12.6. The van der Waals surface area contributed by atoms with Crippen molar-refractivity contribution >= 4 is 28.8 Å². The summed E-state index contributed by atoms with van der Waals surface area (Å²) in [5.74, 6) is -2.97. The van der Waals surface area contributed by atoms with Crippen LogP contribution in [-0.2, 0) is 12.7 Å². The number of aliphatic hydroxyl groups is 1. The zero-order chi connectivity index (χ0) is 27.4. The van der Waals surface area contributed by atoms with Crippen LogP contribution in [0.2, 0.25) is 0 Å². The summed E-state index contributed by atoms with van der Waals surface area (Å²) in [4.78, 5) is 30.8. The fourth-order valence-corrected chi connectivity index (χ4v) is 5.83. The van der Waals surface area contributed by atoms with E-state index in [9.17, 15) is 36.6 Å². The van der Waals surface area contributed by atoms with Crippen LogP contribution in [0.3, 0.4) is 0 Å². The topological polar surface area (TPSA) is 96.7 Å². The molecule has 0 aliphatic carbocycles. The summed E-state index contributed by atoms with van der Waals surface area (Å²) in [6.07, 6.45) is -7.07. The molecule has 0 radical (unpaired) electrons. The van der Waals surface area contributed by atoms with E-state index in [0.717, 1.165) is 28.5 Å². The van der Waals surface area contributed by atoms with E-state index >= 15 is 0 Å². The highest BCUT2D eigenvalue weighted by Crippen LogP contribution is 2.48. The SMILES string of the molecule is CC1CN(C(=O)Oc2nc(=O)n3c4c(c(-c5ccc(F)cc5F)c(C(F)(F)F)cc24)SC[C@@H](O)C3)CCN1. The van der Waals surface area contributed by atoms with Crippen molar-refractivity contribution in [2.45, 2.75) is 36.7 Å². The van der Waals surface area contributed by atoms with E-state index in [1.54, 1.807) is 0 Å². The van der Waals surface area contributed by atoms with Crippen LogP contribution >= 0.6 is 11.8 Å². The minimum absolute atomic E-state index is 0.0578. The highest BCUT2D eigenvalue weighted by atomic mass is 32.2. The molecule has 5 rings (SSSR count). The normalized spacial score (nSPS) is 19.9. The van der Waals surface area contributed by atoms with Gasteiger partial charge in [0.05, 0.1) is 29.1 Å². The number of piperazine rings is 1. The lowest BCUT2D eigenvalue weighted by Gasteiger charge is -2.31. The van der Waals surface area contributed by atoms with Crippen molar-refractivity contribution < 1.29 is 36.6 Å². The Morgan fingerprint density at radius 3 is 2.68 bits per heavy atom. The van der Waals surface area contributed by atoms with Crippen molar-refractivity contribution in [2.75, 3.05) is 25.4 Å². The standard InChI is InChI=1S/C24H21F5N4O4S/c1-11-8-32(5-4-30-11)23(36)37-21-15-7-16(24(27,28)29)18(14-3-2-12(25)6-17(14)26)20-19(15)33(22(35)31-21)9-13(34)10-38-20/h2-3,6-7,11,13,30,34H,4-5,8-10H2,1H3/t11?,13-/m0/s1.